The number of carbonyl (C=O) groups is 3. The highest BCUT2D eigenvalue weighted by atomic mass is 35.5. The third-order valence-electron chi connectivity index (χ3n) is 4.95. The molecule has 1 saturated heterocycles. The molecule has 4 rings (SSSR count). The van der Waals surface area contributed by atoms with Gasteiger partial charge in [-0.25, -0.2) is 4.90 Å². The topological polar surface area (TPSA) is 104 Å². The maximum absolute atomic E-state index is 13.0. The fourth-order valence-electron chi connectivity index (χ4n) is 3.35. The minimum Gasteiger partial charge on any atom is -0.497 e. The van der Waals surface area contributed by atoms with Gasteiger partial charge in [0, 0.05) is 10.7 Å². The molecular weight excluding hydrogens is 410 g/mol. The summed E-state index contributed by atoms with van der Waals surface area (Å²) in [7, 11) is 1.55. The molecule has 1 N–H and O–H groups in total. The van der Waals surface area contributed by atoms with E-state index in [9.17, 15) is 14.4 Å². The number of anilines is 2. The van der Waals surface area contributed by atoms with Gasteiger partial charge in [-0.3, -0.25) is 19.4 Å². The molecule has 2 aliphatic heterocycles. The van der Waals surface area contributed by atoms with E-state index in [0.717, 1.165) is 10.5 Å². The fourth-order valence-corrected chi connectivity index (χ4v) is 3.53. The van der Waals surface area contributed by atoms with Crippen LogP contribution in [0.5, 0.6) is 5.75 Å². The SMILES string of the molecule is COc1ccc(NC(=O)CN2N=N[C@H]3C(=O)N(c4ccc(C)c(Cl)c4)C(=O)[C@@H]32)cc1. The summed E-state index contributed by atoms with van der Waals surface area (Å²) in [6.45, 7) is 1.60. The first-order chi connectivity index (χ1) is 14.4. The van der Waals surface area contributed by atoms with Crippen LogP contribution in [0.4, 0.5) is 11.4 Å². The predicted molar refractivity (Wildman–Crippen MR) is 109 cm³/mol. The zero-order valence-electron chi connectivity index (χ0n) is 16.2. The van der Waals surface area contributed by atoms with Crippen molar-refractivity contribution in [3.8, 4) is 5.75 Å². The second-order valence-electron chi connectivity index (χ2n) is 6.91. The number of aryl methyl sites for hydroxylation is 1. The number of rotatable bonds is 5. The van der Waals surface area contributed by atoms with Crippen LogP contribution in [-0.2, 0) is 14.4 Å². The first-order valence-corrected chi connectivity index (χ1v) is 9.52. The van der Waals surface area contributed by atoms with E-state index in [1.165, 1.54) is 5.01 Å². The van der Waals surface area contributed by atoms with Gasteiger partial charge in [0.15, 0.2) is 12.1 Å². The van der Waals surface area contributed by atoms with Gasteiger partial charge in [-0.1, -0.05) is 22.9 Å². The first kappa shape index (κ1) is 19.8. The third-order valence-corrected chi connectivity index (χ3v) is 5.36. The molecule has 0 aliphatic carbocycles. The summed E-state index contributed by atoms with van der Waals surface area (Å²) in [6, 6.07) is 9.81. The van der Waals surface area contributed by atoms with Crippen molar-refractivity contribution in [2.75, 3.05) is 23.9 Å². The van der Waals surface area contributed by atoms with Crippen LogP contribution >= 0.6 is 11.6 Å². The Morgan fingerprint density at radius 2 is 1.90 bits per heavy atom. The number of halogens is 1. The summed E-state index contributed by atoms with van der Waals surface area (Å²) >= 11 is 6.14. The molecule has 1 fully saturated rings. The number of hydrogen-bond acceptors (Lipinski definition) is 7. The van der Waals surface area contributed by atoms with E-state index >= 15 is 0 Å². The lowest BCUT2D eigenvalue weighted by Gasteiger charge is -2.20. The summed E-state index contributed by atoms with van der Waals surface area (Å²) < 4.78 is 5.08. The van der Waals surface area contributed by atoms with E-state index in [1.807, 2.05) is 6.92 Å². The van der Waals surface area contributed by atoms with Crippen molar-refractivity contribution >= 4 is 40.7 Å². The lowest BCUT2D eigenvalue weighted by Crippen LogP contribution is -2.43. The molecule has 10 heteroatoms. The van der Waals surface area contributed by atoms with Crippen LogP contribution in [-0.4, -0.2) is 48.5 Å². The number of nitrogens with one attached hydrogen (secondary N) is 1. The Kier molecular flexibility index (Phi) is 5.13. The van der Waals surface area contributed by atoms with E-state index in [1.54, 1.807) is 49.6 Å². The number of carbonyl (C=O) groups excluding carboxylic acids is 3. The number of methoxy groups -OCH3 is 1. The summed E-state index contributed by atoms with van der Waals surface area (Å²) in [4.78, 5) is 39.2. The number of hydrogen-bond donors (Lipinski definition) is 1. The number of benzene rings is 2. The predicted octanol–water partition coefficient (Wildman–Crippen LogP) is 2.59. The van der Waals surface area contributed by atoms with Gasteiger partial charge in [0.25, 0.3) is 11.8 Å². The summed E-state index contributed by atoms with van der Waals surface area (Å²) in [5, 5.41) is 12.2. The van der Waals surface area contributed by atoms with Crippen molar-refractivity contribution in [1.29, 1.82) is 0 Å². The number of nitrogens with zero attached hydrogens (tertiary/aromatic N) is 4. The minimum absolute atomic E-state index is 0.224. The van der Waals surface area contributed by atoms with Crippen LogP contribution in [0.25, 0.3) is 0 Å². The smallest absolute Gasteiger partial charge is 0.263 e. The highest BCUT2D eigenvalue weighted by Gasteiger charge is 2.55. The van der Waals surface area contributed by atoms with Crippen LogP contribution in [0.3, 0.4) is 0 Å². The second-order valence-corrected chi connectivity index (χ2v) is 7.32. The molecule has 3 amide bonds. The maximum atomic E-state index is 13.0. The quantitative estimate of drug-likeness (QED) is 0.738. The Hall–Kier alpha value is -3.46. The van der Waals surface area contributed by atoms with E-state index in [-0.39, 0.29) is 6.54 Å². The van der Waals surface area contributed by atoms with Gasteiger partial charge >= 0.3 is 0 Å². The Bertz CT molecular complexity index is 1060. The molecule has 0 saturated carbocycles. The van der Waals surface area contributed by atoms with E-state index in [2.05, 4.69) is 15.7 Å². The van der Waals surface area contributed by atoms with Crippen molar-refractivity contribution in [3.05, 3.63) is 53.1 Å². The van der Waals surface area contributed by atoms with E-state index in [0.29, 0.717) is 22.1 Å². The Morgan fingerprint density at radius 1 is 1.17 bits per heavy atom. The Labute approximate surface area is 177 Å². The summed E-state index contributed by atoms with van der Waals surface area (Å²) in [5.41, 5.74) is 1.77. The van der Waals surface area contributed by atoms with Gasteiger partial charge in [-0.15, -0.1) is 0 Å². The molecule has 2 aromatic rings. The van der Waals surface area contributed by atoms with Gasteiger partial charge < -0.3 is 10.1 Å². The van der Waals surface area contributed by atoms with Crippen molar-refractivity contribution in [2.24, 2.45) is 10.3 Å². The normalized spacial score (nSPS) is 20.0. The van der Waals surface area contributed by atoms with Crippen molar-refractivity contribution in [2.45, 2.75) is 19.0 Å². The number of ether oxygens (including phenoxy) is 1. The van der Waals surface area contributed by atoms with Gasteiger partial charge in [0.2, 0.25) is 5.91 Å². The van der Waals surface area contributed by atoms with E-state index in [4.69, 9.17) is 16.3 Å². The van der Waals surface area contributed by atoms with Crippen LogP contribution in [0, 0.1) is 6.92 Å². The van der Waals surface area contributed by atoms with Crippen LogP contribution in [0.15, 0.2) is 52.8 Å². The molecule has 154 valence electrons. The molecule has 2 aromatic carbocycles. The zero-order chi connectivity index (χ0) is 21.4. The molecule has 0 radical (unpaired) electrons. The average molecular weight is 428 g/mol. The molecule has 0 spiro atoms. The standard InChI is InChI=1S/C20H18ClN5O4/c1-11-3-6-13(9-15(11)21)26-19(28)17-18(20(26)29)25(24-23-17)10-16(27)22-12-4-7-14(30-2)8-5-12/h3-9,17-18H,10H2,1-2H3,(H,22,27)/t17-,18-/m1/s1. The van der Waals surface area contributed by atoms with Crippen LogP contribution in [0.2, 0.25) is 5.02 Å². The lowest BCUT2D eigenvalue weighted by atomic mass is 10.1. The molecule has 2 aliphatic rings. The van der Waals surface area contributed by atoms with Crippen molar-refractivity contribution in [3.63, 3.8) is 0 Å². The minimum atomic E-state index is -0.980. The first-order valence-electron chi connectivity index (χ1n) is 9.14. The number of fused-ring (bicyclic) bond motifs is 1. The summed E-state index contributed by atoms with van der Waals surface area (Å²) in [5.74, 6) is -0.716. The van der Waals surface area contributed by atoms with Crippen molar-refractivity contribution in [1.82, 2.24) is 5.01 Å². The molecule has 0 aromatic heterocycles. The van der Waals surface area contributed by atoms with Crippen LogP contribution < -0.4 is 15.0 Å². The largest absolute Gasteiger partial charge is 0.497 e. The number of amides is 3. The maximum Gasteiger partial charge on any atom is 0.263 e. The Balaban J connectivity index is 1.47. The third kappa shape index (κ3) is 3.48. The molecule has 2 atom stereocenters. The van der Waals surface area contributed by atoms with Gasteiger partial charge in [0.1, 0.15) is 12.3 Å². The monoisotopic (exact) mass is 427 g/mol. The van der Waals surface area contributed by atoms with Crippen molar-refractivity contribution < 1.29 is 19.1 Å². The van der Waals surface area contributed by atoms with E-state index < -0.39 is 29.8 Å². The average Bonchev–Trinajstić information content (AvgIpc) is 3.24. The molecule has 2 heterocycles. The highest BCUT2D eigenvalue weighted by Crippen LogP contribution is 2.33. The number of imide groups is 1. The fraction of sp³-hybridized carbons (Fsp3) is 0.250. The Morgan fingerprint density at radius 3 is 2.57 bits per heavy atom. The van der Waals surface area contributed by atoms with Gasteiger partial charge in [-0.2, -0.15) is 5.11 Å². The molecule has 30 heavy (non-hydrogen) atoms. The van der Waals surface area contributed by atoms with Gasteiger partial charge in [0.05, 0.1) is 12.8 Å². The molecule has 0 unspecified atom stereocenters. The molecular formula is C20H18ClN5O4. The summed E-state index contributed by atoms with van der Waals surface area (Å²) in [6.07, 6.45) is 0. The highest BCUT2D eigenvalue weighted by molar-refractivity contribution is 6.32. The second kappa shape index (κ2) is 7.75. The van der Waals surface area contributed by atoms with Crippen LogP contribution in [0.1, 0.15) is 5.56 Å². The lowest BCUT2D eigenvalue weighted by molar-refractivity contribution is -0.123. The molecule has 9 nitrogen and oxygen atoms in total. The van der Waals surface area contributed by atoms with Gasteiger partial charge in [-0.05, 0) is 48.9 Å². The zero-order valence-corrected chi connectivity index (χ0v) is 17.0. The molecule has 0 bridgehead atoms.